The van der Waals surface area contributed by atoms with Crippen LogP contribution < -0.4 is 0 Å². The molecule has 0 aliphatic carbocycles. The summed E-state index contributed by atoms with van der Waals surface area (Å²) in [6.45, 7) is 4.03. The second-order valence-corrected chi connectivity index (χ2v) is 7.05. The molecule has 4 atom stereocenters. The van der Waals surface area contributed by atoms with E-state index < -0.39 is 30.5 Å². The maximum Gasteiger partial charge on any atom is 0.325 e. The van der Waals surface area contributed by atoms with Crippen molar-refractivity contribution in [2.75, 3.05) is 0 Å². The normalized spacial score (nSPS) is 27.5. The number of aliphatic hydroxyl groups excluding tert-OH is 3. The molecule has 0 saturated carbocycles. The average Bonchev–Trinajstić information content (AvgIpc) is 2.66. The summed E-state index contributed by atoms with van der Waals surface area (Å²) in [6.07, 6.45) is -6.38. The van der Waals surface area contributed by atoms with Gasteiger partial charge < -0.3 is 20.1 Å². The molecule has 4 nitrogen and oxygen atoms in total. The summed E-state index contributed by atoms with van der Waals surface area (Å²) in [7, 11) is 0. The van der Waals surface area contributed by atoms with Gasteiger partial charge >= 0.3 is 5.92 Å². The first-order valence-corrected chi connectivity index (χ1v) is 8.98. The zero-order valence-electron chi connectivity index (χ0n) is 15.3. The maximum absolute atomic E-state index is 13.6. The number of hydrogen-bond donors (Lipinski definition) is 3. The Labute approximate surface area is 157 Å². The SMILES string of the molecule is CCc1ccc(Cc2cc([C@@H]3O[C@H](O)C(F)(F)[C@H](O)[C@H]3O)ccc2C)cc1. The molecule has 0 amide bonds. The second kappa shape index (κ2) is 7.64. The fourth-order valence-corrected chi connectivity index (χ4v) is 3.30. The lowest BCUT2D eigenvalue weighted by Gasteiger charge is -2.40. The van der Waals surface area contributed by atoms with Gasteiger partial charge in [0.1, 0.15) is 12.2 Å². The van der Waals surface area contributed by atoms with Crippen molar-refractivity contribution in [1.82, 2.24) is 0 Å². The molecule has 1 saturated heterocycles. The van der Waals surface area contributed by atoms with Gasteiger partial charge in [-0.1, -0.05) is 49.4 Å². The first-order chi connectivity index (χ1) is 12.7. The fourth-order valence-electron chi connectivity index (χ4n) is 3.30. The average molecular weight is 378 g/mol. The highest BCUT2D eigenvalue weighted by molar-refractivity contribution is 5.37. The van der Waals surface area contributed by atoms with Crippen molar-refractivity contribution < 1.29 is 28.8 Å². The molecule has 0 spiro atoms. The van der Waals surface area contributed by atoms with Gasteiger partial charge in [0.05, 0.1) is 0 Å². The lowest BCUT2D eigenvalue weighted by molar-refractivity contribution is -0.345. The van der Waals surface area contributed by atoms with Crippen molar-refractivity contribution in [2.45, 2.75) is 57.2 Å². The quantitative estimate of drug-likeness (QED) is 0.765. The first kappa shape index (κ1) is 19.9. The molecule has 2 aromatic carbocycles. The van der Waals surface area contributed by atoms with Crippen LogP contribution in [0.2, 0.25) is 0 Å². The van der Waals surface area contributed by atoms with E-state index in [4.69, 9.17) is 4.74 Å². The number of hydrogen-bond acceptors (Lipinski definition) is 4. The number of halogens is 2. The molecule has 2 aromatic rings. The molecule has 1 aliphatic heterocycles. The molecule has 27 heavy (non-hydrogen) atoms. The van der Waals surface area contributed by atoms with Gasteiger partial charge in [0.25, 0.3) is 0 Å². The number of alkyl halides is 2. The Morgan fingerprint density at radius 3 is 2.26 bits per heavy atom. The summed E-state index contributed by atoms with van der Waals surface area (Å²) in [4.78, 5) is 0. The van der Waals surface area contributed by atoms with Crippen molar-refractivity contribution in [3.05, 3.63) is 70.3 Å². The molecule has 6 heteroatoms. The van der Waals surface area contributed by atoms with Gasteiger partial charge in [0.2, 0.25) is 6.29 Å². The Morgan fingerprint density at radius 2 is 1.63 bits per heavy atom. The third-order valence-electron chi connectivity index (χ3n) is 5.16. The smallest absolute Gasteiger partial charge is 0.325 e. The van der Waals surface area contributed by atoms with E-state index in [1.807, 2.05) is 25.1 Å². The van der Waals surface area contributed by atoms with E-state index in [-0.39, 0.29) is 0 Å². The molecule has 1 heterocycles. The van der Waals surface area contributed by atoms with Crippen molar-refractivity contribution >= 4 is 0 Å². The van der Waals surface area contributed by atoms with Gasteiger partial charge in [-0.25, -0.2) is 0 Å². The number of aryl methyl sites for hydroxylation is 2. The summed E-state index contributed by atoms with van der Waals surface area (Å²) in [5.74, 6) is -3.93. The predicted molar refractivity (Wildman–Crippen MR) is 96.6 cm³/mol. The minimum absolute atomic E-state index is 0.432. The summed E-state index contributed by atoms with van der Waals surface area (Å²) >= 11 is 0. The summed E-state index contributed by atoms with van der Waals surface area (Å²) in [5, 5.41) is 29.3. The Bertz CT molecular complexity index is 791. The topological polar surface area (TPSA) is 69.9 Å². The minimum Gasteiger partial charge on any atom is -0.387 e. The standard InChI is InChI=1S/C21H24F2O4/c1-3-13-5-7-14(8-6-13)10-16-11-15(9-4-12(16)2)18-17(24)19(25)21(22,23)20(26)27-18/h4-9,11,17-20,24-26H,3,10H2,1-2H3/t17-,18-,19+,20-/m0/s1. The number of ether oxygens (including phenoxy) is 1. The predicted octanol–water partition coefficient (Wildman–Crippen LogP) is 2.90. The highest BCUT2D eigenvalue weighted by atomic mass is 19.3. The molecule has 1 fully saturated rings. The van der Waals surface area contributed by atoms with Crippen LogP contribution in [0.3, 0.4) is 0 Å². The number of aliphatic hydroxyl groups is 3. The zero-order valence-corrected chi connectivity index (χ0v) is 15.3. The zero-order chi connectivity index (χ0) is 19.8. The highest BCUT2D eigenvalue weighted by Gasteiger charge is 2.57. The molecule has 0 radical (unpaired) electrons. The van der Waals surface area contributed by atoms with Gasteiger partial charge in [-0.15, -0.1) is 0 Å². The van der Waals surface area contributed by atoms with Gasteiger partial charge in [0.15, 0.2) is 6.10 Å². The Balaban J connectivity index is 1.86. The van der Waals surface area contributed by atoms with E-state index in [0.717, 1.165) is 23.1 Å². The van der Waals surface area contributed by atoms with Crippen LogP contribution in [0.15, 0.2) is 42.5 Å². The van der Waals surface area contributed by atoms with Gasteiger partial charge in [-0.05, 0) is 47.6 Å². The summed E-state index contributed by atoms with van der Waals surface area (Å²) in [6, 6.07) is 13.5. The third-order valence-corrected chi connectivity index (χ3v) is 5.16. The Morgan fingerprint density at radius 1 is 1.00 bits per heavy atom. The van der Waals surface area contributed by atoms with Gasteiger partial charge in [-0.2, -0.15) is 8.78 Å². The van der Waals surface area contributed by atoms with E-state index in [2.05, 4.69) is 19.1 Å². The molecule has 0 bridgehead atoms. The number of rotatable bonds is 4. The largest absolute Gasteiger partial charge is 0.387 e. The molecule has 3 rings (SSSR count). The lowest BCUT2D eigenvalue weighted by Crippen LogP contribution is -2.58. The van der Waals surface area contributed by atoms with Crippen molar-refractivity contribution in [3.63, 3.8) is 0 Å². The first-order valence-electron chi connectivity index (χ1n) is 8.98. The molecule has 0 unspecified atom stereocenters. The van der Waals surface area contributed by atoms with Crippen molar-refractivity contribution in [1.29, 1.82) is 0 Å². The van der Waals surface area contributed by atoms with Gasteiger partial charge in [0, 0.05) is 0 Å². The van der Waals surface area contributed by atoms with Crippen LogP contribution >= 0.6 is 0 Å². The highest BCUT2D eigenvalue weighted by Crippen LogP contribution is 2.40. The fraction of sp³-hybridized carbons (Fsp3) is 0.429. The Hall–Kier alpha value is -1.86. The third kappa shape index (κ3) is 3.89. The van der Waals surface area contributed by atoms with E-state index in [9.17, 15) is 24.1 Å². The minimum atomic E-state index is -3.93. The summed E-state index contributed by atoms with van der Waals surface area (Å²) < 4.78 is 32.2. The molecule has 1 aliphatic rings. The van der Waals surface area contributed by atoms with Crippen molar-refractivity contribution in [2.24, 2.45) is 0 Å². The van der Waals surface area contributed by atoms with Gasteiger partial charge in [-0.3, -0.25) is 0 Å². The van der Waals surface area contributed by atoms with Crippen molar-refractivity contribution in [3.8, 4) is 0 Å². The van der Waals surface area contributed by atoms with Crippen LogP contribution in [0, 0.1) is 6.92 Å². The van der Waals surface area contributed by atoms with Crippen LogP contribution in [0.1, 0.15) is 40.8 Å². The van der Waals surface area contributed by atoms with E-state index in [1.54, 1.807) is 12.1 Å². The molecular weight excluding hydrogens is 354 g/mol. The van der Waals surface area contributed by atoms with Crippen LogP contribution in [-0.2, 0) is 17.6 Å². The molecular formula is C21H24F2O4. The van der Waals surface area contributed by atoms with Crippen LogP contribution in [0.4, 0.5) is 8.78 Å². The molecule has 146 valence electrons. The van der Waals surface area contributed by atoms with E-state index in [0.29, 0.717) is 12.0 Å². The lowest BCUT2D eigenvalue weighted by atomic mass is 9.90. The van der Waals surface area contributed by atoms with Crippen LogP contribution in [0.25, 0.3) is 0 Å². The van der Waals surface area contributed by atoms with E-state index in [1.165, 1.54) is 5.56 Å². The number of benzene rings is 2. The van der Waals surface area contributed by atoms with E-state index >= 15 is 0 Å². The second-order valence-electron chi connectivity index (χ2n) is 7.05. The Kier molecular flexibility index (Phi) is 5.63. The molecule has 3 N–H and O–H groups in total. The van der Waals surface area contributed by atoms with Crippen LogP contribution in [0.5, 0.6) is 0 Å². The van der Waals surface area contributed by atoms with Crippen LogP contribution in [-0.4, -0.2) is 39.7 Å². The molecule has 0 aromatic heterocycles. The maximum atomic E-state index is 13.6. The monoisotopic (exact) mass is 378 g/mol. The summed E-state index contributed by atoms with van der Waals surface area (Å²) in [5.41, 5.74) is 4.74.